The van der Waals surface area contributed by atoms with Gasteiger partial charge in [0.1, 0.15) is 6.09 Å². The van der Waals surface area contributed by atoms with Gasteiger partial charge in [-0.3, -0.25) is 0 Å². The van der Waals surface area contributed by atoms with E-state index in [-0.39, 0.29) is 0 Å². The van der Waals surface area contributed by atoms with Crippen molar-refractivity contribution in [3.8, 4) is 0 Å². The zero-order valence-electron chi connectivity index (χ0n) is 11.1. The summed E-state index contributed by atoms with van der Waals surface area (Å²) >= 11 is 0. The minimum Gasteiger partial charge on any atom is -0.530 e. The second kappa shape index (κ2) is 4.61. The summed E-state index contributed by atoms with van der Waals surface area (Å²) in [5.74, 6) is 0. The molecule has 0 radical (unpaired) electrons. The summed E-state index contributed by atoms with van der Waals surface area (Å²) in [6, 6.07) is 5.83. The highest BCUT2D eigenvalue weighted by molar-refractivity contribution is 5.86. The van der Waals surface area contributed by atoms with Gasteiger partial charge in [-0.05, 0) is 57.0 Å². The van der Waals surface area contributed by atoms with Crippen molar-refractivity contribution in [2.45, 2.75) is 39.3 Å². The molecule has 0 saturated heterocycles. The monoisotopic (exact) mass is 247 g/mol. The summed E-state index contributed by atoms with van der Waals surface area (Å²) in [6.45, 7) is 7.37. The molecule has 0 saturated carbocycles. The number of anilines is 1. The van der Waals surface area contributed by atoms with Crippen LogP contribution in [0, 0.1) is 0 Å². The van der Waals surface area contributed by atoms with E-state index >= 15 is 0 Å². The third-order valence-corrected chi connectivity index (χ3v) is 3.19. The van der Waals surface area contributed by atoms with Gasteiger partial charge in [-0.15, -0.1) is 0 Å². The van der Waals surface area contributed by atoms with E-state index in [0.29, 0.717) is 5.69 Å². The van der Waals surface area contributed by atoms with Crippen LogP contribution in [-0.2, 0) is 13.0 Å². The zero-order valence-corrected chi connectivity index (χ0v) is 11.1. The molecule has 1 aromatic rings. The SMILES string of the molecule is CC(C)(C)N(C(=O)[O-])c1ccc2c(c1)CNCC2. The van der Waals surface area contributed by atoms with Gasteiger partial charge in [-0.1, -0.05) is 6.07 Å². The van der Waals surface area contributed by atoms with E-state index in [2.05, 4.69) is 5.32 Å². The van der Waals surface area contributed by atoms with Crippen LogP contribution < -0.4 is 15.3 Å². The molecule has 4 nitrogen and oxygen atoms in total. The van der Waals surface area contributed by atoms with Crippen LogP contribution in [-0.4, -0.2) is 18.2 Å². The molecule has 1 aliphatic heterocycles. The predicted octanol–water partition coefficient (Wildman–Crippen LogP) is 1.28. The second-order valence-corrected chi connectivity index (χ2v) is 5.65. The van der Waals surface area contributed by atoms with Gasteiger partial charge in [-0.25, -0.2) is 0 Å². The van der Waals surface area contributed by atoms with Crippen LogP contribution in [0.25, 0.3) is 0 Å². The predicted molar refractivity (Wildman–Crippen MR) is 69.5 cm³/mol. The molecule has 0 unspecified atom stereocenters. The average molecular weight is 247 g/mol. The van der Waals surface area contributed by atoms with Crippen molar-refractivity contribution in [2.75, 3.05) is 11.4 Å². The standard InChI is InChI=1S/C14H20N2O2/c1-14(2,3)16(13(17)18)12-5-4-10-6-7-15-9-11(10)8-12/h4-5,8,15H,6-7,9H2,1-3H3,(H,17,18)/p-1. The first kappa shape index (κ1) is 12.9. The van der Waals surface area contributed by atoms with E-state index in [1.54, 1.807) is 0 Å². The molecule has 0 fully saturated rings. The lowest BCUT2D eigenvalue weighted by molar-refractivity contribution is -0.247. The number of carbonyl (C=O) groups is 1. The minimum absolute atomic E-state index is 0.505. The van der Waals surface area contributed by atoms with Crippen LogP contribution in [0.3, 0.4) is 0 Å². The number of carboxylic acid groups (broad SMARTS) is 1. The van der Waals surface area contributed by atoms with E-state index in [4.69, 9.17) is 0 Å². The minimum atomic E-state index is -1.16. The molecule has 0 aliphatic carbocycles. The normalized spacial score (nSPS) is 15.1. The molecule has 98 valence electrons. The summed E-state index contributed by atoms with van der Waals surface area (Å²) in [4.78, 5) is 12.6. The first-order chi connectivity index (χ1) is 8.39. The molecule has 1 amide bonds. The maximum Gasteiger partial charge on any atom is 0.142 e. The molecule has 1 aliphatic rings. The Balaban J connectivity index is 2.40. The number of nitrogens with zero attached hydrogens (tertiary/aromatic N) is 1. The fraction of sp³-hybridized carbons (Fsp3) is 0.500. The quantitative estimate of drug-likeness (QED) is 0.813. The fourth-order valence-corrected chi connectivity index (χ4v) is 2.37. The highest BCUT2D eigenvalue weighted by Crippen LogP contribution is 2.27. The molecule has 0 aromatic heterocycles. The van der Waals surface area contributed by atoms with E-state index in [1.807, 2.05) is 39.0 Å². The van der Waals surface area contributed by atoms with Gasteiger partial charge in [0.2, 0.25) is 0 Å². The van der Waals surface area contributed by atoms with Crippen molar-refractivity contribution in [3.63, 3.8) is 0 Å². The van der Waals surface area contributed by atoms with Crippen LogP contribution >= 0.6 is 0 Å². The van der Waals surface area contributed by atoms with E-state index < -0.39 is 11.6 Å². The number of benzene rings is 1. The number of rotatable bonds is 1. The number of carbonyl (C=O) groups excluding carboxylic acids is 1. The van der Waals surface area contributed by atoms with E-state index in [9.17, 15) is 9.90 Å². The number of fused-ring (bicyclic) bond motifs is 1. The lowest BCUT2D eigenvalue weighted by atomic mass is 9.98. The molecule has 1 N–H and O–H groups in total. The molecular formula is C14H19N2O2-. The van der Waals surface area contributed by atoms with Crippen molar-refractivity contribution >= 4 is 11.8 Å². The highest BCUT2D eigenvalue weighted by Gasteiger charge is 2.23. The molecule has 1 aromatic carbocycles. The Kier molecular flexibility index (Phi) is 3.30. The van der Waals surface area contributed by atoms with Gasteiger partial charge in [0, 0.05) is 17.8 Å². The van der Waals surface area contributed by atoms with E-state index in [0.717, 1.165) is 19.5 Å². The molecule has 0 bridgehead atoms. The summed E-state index contributed by atoms with van der Waals surface area (Å²) in [6.07, 6.45) is -0.164. The summed E-state index contributed by atoms with van der Waals surface area (Å²) < 4.78 is 0. The smallest absolute Gasteiger partial charge is 0.142 e. The Morgan fingerprint density at radius 2 is 2.06 bits per heavy atom. The van der Waals surface area contributed by atoms with Crippen LogP contribution in [0.15, 0.2) is 18.2 Å². The Morgan fingerprint density at radius 3 is 2.67 bits per heavy atom. The highest BCUT2D eigenvalue weighted by atomic mass is 16.4. The topological polar surface area (TPSA) is 55.4 Å². The first-order valence-electron chi connectivity index (χ1n) is 6.23. The van der Waals surface area contributed by atoms with Crippen molar-refractivity contribution < 1.29 is 9.90 Å². The largest absolute Gasteiger partial charge is 0.530 e. The molecule has 18 heavy (non-hydrogen) atoms. The Labute approximate surface area is 108 Å². The first-order valence-corrected chi connectivity index (χ1v) is 6.23. The van der Waals surface area contributed by atoms with Crippen molar-refractivity contribution in [3.05, 3.63) is 29.3 Å². The Hall–Kier alpha value is -1.55. The van der Waals surface area contributed by atoms with Crippen LogP contribution in [0.2, 0.25) is 0 Å². The fourth-order valence-electron chi connectivity index (χ4n) is 2.37. The van der Waals surface area contributed by atoms with Crippen molar-refractivity contribution in [2.24, 2.45) is 0 Å². The van der Waals surface area contributed by atoms with Gasteiger partial charge in [0.05, 0.1) is 0 Å². The molecular weight excluding hydrogens is 228 g/mol. The molecule has 0 spiro atoms. The Morgan fingerprint density at radius 1 is 1.33 bits per heavy atom. The van der Waals surface area contributed by atoms with Gasteiger partial charge in [0.15, 0.2) is 0 Å². The number of nitrogens with one attached hydrogen (secondary N) is 1. The summed E-state index contributed by atoms with van der Waals surface area (Å²) in [5.41, 5.74) is 2.65. The zero-order chi connectivity index (χ0) is 13.3. The van der Waals surface area contributed by atoms with Crippen molar-refractivity contribution in [1.82, 2.24) is 5.32 Å². The third kappa shape index (κ3) is 2.48. The van der Waals surface area contributed by atoms with Crippen LogP contribution in [0.4, 0.5) is 10.5 Å². The second-order valence-electron chi connectivity index (χ2n) is 5.65. The van der Waals surface area contributed by atoms with E-state index in [1.165, 1.54) is 16.0 Å². The van der Waals surface area contributed by atoms with Crippen molar-refractivity contribution in [1.29, 1.82) is 0 Å². The van der Waals surface area contributed by atoms with Gasteiger partial charge < -0.3 is 20.1 Å². The average Bonchev–Trinajstić information content (AvgIpc) is 2.26. The third-order valence-electron chi connectivity index (χ3n) is 3.19. The number of hydrogen-bond acceptors (Lipinski definition) is 3. The maximum atomic E-state index is 11.3. The van der Waals surface area contributed by atoms with Gasteiger partial charge in [0.25, 0.3) is 0 Å². The van der Waals surface area contributed by atoms with Crippen LogP contribution in [0.5, 0.6) is 0 Å². The molecule has 0 atom stereocenters. The Bertz CT molecular complexity index is 463. The summed E-state index contributed by atoms with van der Waals surface area (Å²) in [7, 11) is 0. The van der Waals surface area contributed by atoms with Crippen LogP contribution in [0.1, 0.15) is 31.9 Å². The molecule has 1 heterocycles. The van der Waals surface area contributed by atoms with Gasteiger partial charge in [-0.2, -0.15) is 0 Å². The molecule has 4 heteroatoms. The number of hydrogen-bond donors (Lipinski definition) is 1. The van der Waals surface area contributed by atoms with Gasteiger partial charge >= 0.3 is 0 Å². The maximum absolute atomic E-state index is 11.3. The lowest BCUT2D eigenvalue weighted by Gasteiger charge is -2.38. The summed E-state index contributed by atoms with van der Waals surface area (Å²) in [5, 5.41) is 14.6. The molecule has 2 rings (SSSR count). The lowest BCUT2D eigenvalue weighted by Crippen LogP contribution is -2.52. The number of amides is 1.